The first kappa shape index (κ1) is 14.0. The highest BCUT2D eigenvalue weighted by Crippen LogP contribution is 2.20. The van der Waals surface area contributed by atoms with Gasteiger partial charge in [0.25, 0.3) is 0 Å². The number of aliphatic hydroxyl groups excluding tert-OH is 1. The maximum absolute atomic E-state index is 13.5. The third-order valence-electron chi connectivity index (χ3n) is 2.76. The zero-order valence-corrected chi connectivity index (χ0v) is 11.1. The van der Waals surface area contributed by atoms with Gasteiger partial charge in [0.1, 0.15) is 16.6 Å². The molecule has 0 saturated heterocycles. The Bertz CT molecular complexity index is 533. The van der Waals surface area contributed by atoms with Crippen LogP contribution in [0.5, 0.6) is 0 Å². The molecule has 0 radical (unpaired) electrons. The number of benzene rings is 1. The van der Waals surface area contributed by atoms with Crippen molar-refractivity contribution in [2.75, 3.05) is 6.54 Å². The zero-order chi connectivity index (χ0) is 13.8. The van der Waals surface area contributed by atoms with Gasteiger partial charge in [0.15, 0.2) is 0 Å². The van der Waals surface area contributed by atoms with Gasteiger partial charge in [0.05, 0.1) is 12.1 Å². The lowest BCUT2D eigenvalue weighted by Gasteiger charge is -2.16. The minimum Gasteiger partial charge on any atom is -0.387 e. The molecule has 0 fully saturated rings. The Hall–Kier alpha value is -1.37. The predicted molar refractivity (Wildman–Crippen MR) is 69.8 cm³/mol. The Morgan fingerprint density at radius 3 is 2.89 bits per heavy atom. The molecule has 19 heavy (non-hydrogen) atoms. The molecule has 0 aliphatic heterocycles. The van der Waals surface area contributed by atoms with Crippen LogP contribution >= 0.6 is 11.3 Å². The number of aromatic nitrogens is 1. The lowest BCUT2D eigenvalue weighted by atomic mass is 10.1. The van der Waals surface area contributed by atoms with Crippen molar-refractivity contribution in [2.45, 2.75) is 19.1 Å². The number of rotatable bonds is 5. The van der Waals surface area contributed by atoms with Crippen molar-refractivity contribution < 1.29 is 13.9 Å². The fourth-order valence-corrected chi connectivity index (χ4v) is 2.37. The summed E-state index contributed by atoms with van der Waals surface area (Å²) in [6.45, 7) is 2.02. The molecule has 1 heterocycles. The van der Waals surface area contributed by atoms with Gasteiger partial charge >= 0.3 is 0 Å². The largest absolute Gasteiger partial charge is 0.387 e. The zero-order valence-electron chi connectivity index (χ0n) is 10.3. The maximum Gasteiger partial charge on any atom is 0.129 e. The van der Waals surface area contributed by atoms with E-state index in [9.17, 15) is 13.9 Å². The van der Waals surface area contributed by atoms with Crippen LogP contribution in [0.25, 0.3) is 0 Å². The fraction of sp³-hybridized carbons (Fsp3) is 0.308. The molecule has 0 aliphatic rings. The van der Waals surface area contributed by atoms with Crippen molar-refractivity contribution in [3.8, 4) is 0 Å². The summed E-state index contributed by atoms with van der Waals surface area (Å²) in [6, 6.07) is 3.00. The lowest BCUT2D eigenvalue weighted by Crippen LogP contribution is -2.25. The standard InChI is InChI=1S/C13H14F2N2OS/c1-8(13-16-4-5-19-13)17-7-12(18)10-6-9(14)2-3-11(10)15/h2-6,8,12,17-18H,7H2,1H3. The number of nitrogens with one attached hydrogen (secondary N) is 1. The Morgan fingerprint density at radius 2 is 2.21 bits per heavy atom. The number of aliphatic hydroxyl groups is 1. The molecule has 1 aromatic carbocycles. The summed E-state index contributed by atoms with van der Waals surface area (Å²) >= 11 is 1.49. The third kappa shape index (κ3) is 3.56. The molecule has 2 unspecified atom stereocenters. The van der Waals surface area contributed by atoms with E-state index < -0.39 is 17.7 Å². The smallest absolute Gasteiger partial charge is 0.129 e. The first-order valence-electron chi connectivity index (χ1n) is 5.83. The normalized spacial score (nSPS) is 14.3. The van der Waals surface area contributed by atoms with Crippen molar-refractivity contribution in [2.24, 2.45) is 0 Å². The first-order chi connectivity index (χ1) is 9.08. The van der Waals surface area contributed by atoms with Crippen LogP contribution < -0.4 is 5.32 Å². The minimum atomic E-state index is -1.10. The van der Waals surface area contributed by atoms with Gasteiger partial charge in [-0.2, -0.15) is 0 Å². The van der Waals surface area contributed by atoms with Gasteiger partial charge in [0, 0.05) is 23.7 Å². The van der Waals surface area contributed by atoms with Crippen LogP contribution in [0.15, 0.2) is 29.8 Å². The van der Waals surface area contributed by atoms with Gasteiger partial charge < -0.3 is 10.4 Å². The van der Waals surface area contributed by atoms with E-state index in [1.165, 1.54) is 11.3 Å². The van der Waals surface area contributed by atoms with E-state index in [1.807, 2.05) is 12.3 Å². The number of halogens is 2. The van der Waals surface area contributed by atoms with E-state index >= 15 is 0 Å². The highest BCUT2D eigenvalue weighted by molar-refractivity contribution is 7.09. The summed E-state index contributed by atoms with van der Waals surface area (Å²) in [4.78, 5) is 4.14. The highest BCUT2D eigenvalue weighted by atomic mass is 32.1. The molecule has 2 aromatic rings. The summed E-state index contributed by atoms with van der Waals surface area (Å²) in [6.07, 6.45) is 0.596. The molecule has 2 N–H and O–H groups in total. The van der Waals surface area contributed by atoms with Crippen LogP contribution in [0, 0.1) is 11.6 Å². The molecule has 3 nitrogen and oxygen atoms in total. The van der Waals surface area contributed by atoms with Crippen LogP contribution in [0.2, 0.25) is 0 Å². The van der Waals surface area contributed by atoms with Gasteiger partial charge in [-0.25, -0.2) is 13.8 Å². The van der Waals surface area contributed by atoms with Crippen molar-refractivity contribution in [3.63, 3.8) is 0 Å². The van der Waals surface area contributed by atoms with Gasteiger partial charge in [-0.1, -0.05) is 0 Å². The van der Waals surface area contributed by atoms with Crippen LogP contribution in [-0.4, -0.2) is 16.6 Å². The van der Waals surface area contributed by atoms with Gasteiger partial charge in [-0.05, 0) is 25.1 Å². The summed E-state index contributed by atoms with van der Waals surface area (Å²) in [7, 11) is 0. The van der Waals surface area contributed by atoms with Crippen molar-refractivity contribution in [1.82, 2.24) is 10.3 Å². The van der Waals surface area contributed by atoms with Crippen LogP contribution in [0.1, 0.15) is 29.6 Å². The monoisotopic (exact) mass is 284 g/mol. The molecule has 0 saturated carbocycles. The molecule has 0 bridgehead atoms. The molecule has 0 aliphatic carbocycles. The SMILES string of the molecule is CC(NCC(O)c1cc(F)ccc1F)c1nccs1. The molecule has 102 valence electrons. The van der Waals surface area contributed by atoms with E-state index in [0.29, 0.717) is 0 Å². The molecular formula is C13H14F2N2OS. The summed E-state index contributed by atoms with van der Waals surface area (Å²) in [5, 5.41) is 15.7. The van der Waals surface area contributed by atoms with E-state index in [1.54, 1.807) is 6.20 Å². The molecule has 0 amide bonds. The quantitative estimate of drug-likeness (QED) is 0.887. The summed E-state index contributed by atoms with van der Waals surface area (Å²) < 4.78 is 26.5. The molecule has 0 spiro atoms. The second-order valence-electron chi connectivity index (χ2n) is 4.18. The van der Waals surface area contributed by atoms with E-state index in [2.05, 4.69) is 10.3 Å². The lowest BCUT2D eigenvalue weighted by molar-refractivity contribution is 0.165. The topological polar surface area (TPSA) is 45.1 Å². The fourth-order valence-electron chi connectivity index (χ4n) is 1.70. The van der Waals surface area contributed by atoms with E-state index in [0.717, 1.165) is 23.2 Å². The third-order valence-corrected chi connectivity index (χ3v) is 3.71. The van der Waals surface area contributed by atoms with Gasteiger partial charge in [-0.3, -0.25) is 0 Å². The molecule has 1 aromatic heterocycles. The average molecular weight is 284 g/mol. The molecular weight excluding hydrogens is 270 g/mol. The van der Waals surface area contributed by atoms with Gasteiger partial charge in [-0.15, -0.1) is 11.3 Å². The molecule has 6 heteroatoms. The van der Waals surface area contributed by atoms with Gasteiger partial charge in [0.2, 0.25) is 0 Å². The number of nitrogens with zero attached hydrogens (tertiary/aromatic N) is 1. The Balaban J connectivity index is 1.97. The summed E-state index contributed by atoms with van der Waals surface area (Å²) in [5.41, 5.74) is -0.0427. The van der Waals surface area contributed by atoms with Crippen LogP contribution in [-0.2, 0) is 0 Å². The molecule has 2 rings (SSSR count). The maximum atomic E-state index is 13.5. The van der Waals surface area contributed by atoms with Crippen molar-refractivity contribution in [3.05, 3.63) is 52.0 Å². The molecule has 2 atom stereocenters. The highest BCUT2D eigenvalue weighted by Gasteiger charge is 2.16. The second-order valence-corrected chi connectivity index (χ2v) is 5.11. The number of hydrogen-bond donors (Lipinski definition) is 2. The van der Waals surface area contributed by atoms with E-state index in [-0.39, 0.29) is 18.2 Å². The van der Waals surface area contributed by atoms with Crippen LogP contribution in [0.3, 0.4) is 0 Å². The number of thiazole rings is 1. The first-order valence-corrected chi connectivity index (χ1v) is 6.71. The van der Waals surface area contributed by atoms with Crippen LogP contribution in [0.4, 0.5) is 8.78 Å². The van der Waals surface area contributed by atoms with Crippen molar-refractivity contribution in [1.29, 1.82) is 0 Å². The Morgan fingerprint density at radius 1 is 1.42 bits per heavy atom. The Labute approximate surface area is 113 Å². The second kappa shape index (κ2) is 6.18. The minimum absolute atomic E-state index is 0.0427. The Kier molecular flexibility index (Phi) is 4.57. The number of hydrogen-bond acceptors (Lipinski definition) is 4. The average Bonchev–Trinajstić information content (AvgIpc) is 2.92. The van der Waals surface area contributed by atoms with Crippen molar-refractivity contribution >= 4 is 11.3 Å². The summed E-state index contributed by atoms with van der Waals surface area (Å²) in [5.74, 6) is -1.18. The predicted octanol–water partition coefficient (Wildman–Crippen LogP) is 2.81. The van der Waals surface area contributed by atoms with E-state index in [4.69, 9.17) is 0 Å².